The van der Waals surface area contributed by atoms with Gasteiger partial charge in [-0.1, -0.05) is 78.3 Å². The number of benzene rings is 4. The predicted octanol–water partition coefficient (Wildman–Crippen LogP) is 7.13. The number of aromatic hydroxyl groups is 2. The Balaban J connectivity index is 1.44. The molecule has 172 valence electrons. The topological polar surface area (TPSA) is 74.5 Å². The van der Waals surface area contributed by atoms with Crippen LogP contribution in [0.3, 0.4) is 0 Å². The minimum Gasteiger partial charge on any atom is -0.494 e. The average molecular weight is 481 g/mol. The van der Waals surface area contributed by atoms with Crippen LogP contribution in [-0.2, 0) is 0 Å². The third-order valence-corrected chi connectivity index (χ3v) is 6.09. The van der Waals surface area contributed by atoms with Gasteiger partial charge in [0.25, 0.3) is 5.91 Å². The van der Waals surface area contributed by atoms with E-state index in [0.717, 1.165) is 22.3 Å². The van der Waals surface area contributed by atoms with Gasteiger partial charge in [-0.15, -0.1) is 0 Å². The van der Waals surface area contributed by atoms with Gasteiger partial charge in [-0.05, 0) is 47.0 Å². The van der Waals surface area contributed by atoms with E-state index >= 15 is 0 Å². The van der Waals surface area contributed by atoms with Crippen molar-refractivity contribution >= 4 is 23.2 Å². The average Bonchev–Trinajstić information content (AvgIpc) is 3.23. The Hall–Kier alpha value is -4.48. The Morgan fingerprint density at radius 2 is 1.29 bits per heavy atom. The quantitative estimate of drug-likeness (QED) is 0.250. The molecule has 0 aliphatic rings. The number of rotatable bonds is 5. The first kappa shape index (κ1) is 22.3. The van der Waals surface area contributed by atoms with Gasteiger partial charge in [0.05, 0.1) is 11.4 Å². The summed E-state index contributed by atoms with van der Waals surface area (Å²) in [4.78, 5) is 13.2. The Morgan fingerprint density at radius 1 is 0.686 bits per heavy atom. The number of para-hydroxylation sites is 2. The third kappa shape index (κ3) is 4.50. The lowest BCUT2D eigenvalue weighted by Gasteiger charge is -2.14. The smallest absolute Gasteiger partial charge is 0.255 e. The summed E-state index contributed by atoms with van der Waals surface area (Å²) < 4.78 is 1.25. The molecule has 5 aromatic rings. The molecule has 0 atom stereocenters. The molecule has 6 heteroatoms. The van der Waals surface area contributed by atoms with Crippen LogP contribution < -0.4 is 5.32 Å². The third-order valence-electron chi connectivity index (χ3n) is 5.76. The van der Waals surface area contributed by atoms with Crippen molar-refractivity contribution in [1.82, 2.24) is 4.57 Å². The van der Waals surface area contributed by atoms with E-state index in [0.29, 0.717) is 22.0 Å². The van der Waals surface area contributed by atoms with E-state index in [9.17, 15) is 15.0 Å². The molecule has 5 rings (SSSR count). The maximum Gasteiger partial charge on any atom is 0.255 e. The summed E-state index contributed by atoms with van der Waals surface area (Å²) in [5, 5.41) is 23.7. The predicted molar refractivity (Wildman–Crippen MR) is 139 cm³/mol. The number of hydrogen-bond acceptors (Lipinski definition) is 3. The maximum atomic E-state index is 13.2. The van der Waals surface area contributed by atoms with Crippen LogP contribution >= 0.6 is 11.6 Å². The molecular formula is C29H21ClN2O3. The van der Waals surface area contributed by atoms with Crippen molar-refractivity contribution in [3.63, 3.8) is 0 Å². The number of amides is 1. The van der Waals surface area contributed by atoms with Crippen molar-refractivity contribution in [2.75, 3.05) is 5.32 Å². The molecule has 0 radical (unpaired) electrons. The van der Waals surface area contributed by atoms with Crippen molar-refractivity contribution in [2.24, 2.45) is 0 Å². The van der Waals surface area contributed by atoms with E-state index in [2.05, 4.69) is 17.4 Å². The van der Waals surface area contributed by atoms with Crippen LogP contribution in [0.25, 0.3) is 27.9 Å². The zero-order valence-electron chi connectivity index (χ0n) is 18.5. The normalized spacial score (nSPS) is 10.8. The van der Waals surface area contributed by atoms with Crippen LogP contribution in [0.15, 0.2) is 109 Å². The fraction of sp³-hybridized carbons (Fsp3) is 0. The van der Waals surface area contributed by atoms with E-state index in [1.165, 1.54) is 16.7 Å². The fourth-order valence-corrected chi connectivity index (χ4v) is 4.22. The molecule has 0 unspecified atom stereocenters. The molecule has 0 saturated heterocycles. The van der Waals surface area contributed by atoms with E-state index < -0.39 is 0 Å². The molecule has 0 spiro atoms. The lowest BCUT2D eigenvalue weighted by atomic mass is 9.99. The lowest BCUT2D eigenvalue weighted by molar-refractivity contribution is 0.102. The molecule has 1 amide bonds. The second-order valence-electron chi connectivity index (χ2n) is 7.99. The molecule has 1 heterocycles. The first-order valence-electron chi connectivity index (χ1n) is 11.0. The Morgan fingerprint density at radius 3 is 2.00 bits per heavy atom. The molecule has 5 nitrogen and oxygen atoms in total. The van der Waals surface area contributed by atoms with Crippen LogP contribution in [0.2, 0.25) is 5.02 Å². The van der Waals surface area contributed by atoms with Crippen molar-refractivity contribution in [3.05, 3.63) is 120 Å². The molecule has 35 heavy (non-hydrogen) atoms. The van der Waals surface area contributed by atoms with E-state index in [1.54, 1.807) is 42.5 Å². The van der Waals surface area contributed by atoms with Crippen LogP contribution in [0.5, 0.6) is 11.8 Å². The molecule has 0 saturated carbocycles. The summed E-state index contributed by atoms with van der Waals surface area (Å²) in [6.07, 6.45) is 0. The molecule has 0 bridgehead atoms. The zero-order valence-corrected chi connectivity index (χ0v) is 19.3. The number of nitrogens with one attached hydrogen (secondary N) is 1. The highest BCUT2D eigenvalue weighted by Crippen LogP contribution is 2.33. The Labute approximate surface area is 207 Å². The number of aromatic nitrogens is 1. The van der Waals surface area contributed by atoms with Crippen LogP contribution in [-0.4, -0.2) is 20.7 Å². The van der Waals surface area contributed by atoms with Gasteiger partial charge in [0.2, 0.25) is 0 Å². The molecule has 0 fully saturated rings. The summed E-state index contributed by atoms with van der Waals surface area (Å²) >= 11 is 6.49. The van der Waals surface area contributed by atoms with Gasteiger partial charge < -0.3 is 15.5 Å². The maximum absolute atomic E-state index is 13.2. The second-order valence-corrected chi connectivity index (χ2v) is 8.40. The first-order chi connectivity index (χ1) is 17.0. The van der Waals surface area contributed by atoms with Gasteiger partial charge in [-0.25, -0.2) is 4.57 Å². The van der Waals surface area contributed by atoms with Gasteiger partial charge in [-0.2, -0.15) is 0 Å². The first-order valence-corrected chi connectivity index (χ1v) is 11.3. The summed E-state index contributed by atoms with van der Waals surface area (Å²) in [5.41, 5.74) is 5.14. The molecule has 3 N–H and O–H groups in total. The summed E-state index contributed by atoms with van der Waals surface area (Å²) in [7, 11) is 0. The summed E-state index contributed by atoms with van der Waals surface area (Å²) in [6.45, 7) is 0. The van der Waals surface area contributed by atoms with Gasteiger partial charge in [0.1, 0.15) is 0 Å². The van der Waals surface area contributed by atoms with Gasteiger partial charge >= 0.3 is 0 Å². The van der Waals surface area contributed by atoms with Gasteiger partial charge in [0, 0.05) is 28.3 Å². The van der Waals surface area contributed by atoms with Crippen molar-refractivity contribution in [3.8, 4) is 39.7 Å². The Kier molecular flexibility index (Phi) is 6.00. The van der Waals surface area contributed by atoms with Crippen LogP contribution in [0.1, 0.15) is 10.4 Å². The highest BCUT2D eigenvalue weighted by atomic mass is 35.5. The van der Waals surface area contributed by atoms with E-state index in [-0.39, 0.29) is 17.7 Å². The molecule has 0 aliphatic heterocycles. The molecule has 0 aliphatic carbocycles. The SMILES string of the molecule is O=C(Nc1ccccc1-n1c(O)ccc1O)c1ccc(Cl)c(-c2ccc(-c3ccccc3)cc2)c1. The standard InChI is InChI=1S/C29H21ClN2O3/c30-24-15-14-22(18-23(24)21-12-10-20(11-13-21)19-6-2-1-3-7-19)29(35)31-25-8-4-5-9-26(25)32-27(33)16-17-28(32)34/h1-18,33-34H,(H,31,35). The lowest BCUT2D eigenvalue weighted by Crippen LogP contribution is -2.14. The van der Waals surface area contributed by atoms with Gasteiger partial charge in [-0.3, -0.25) is 4.79 Å². The monoisotopic (exact) mass is 480 g/mol. The second kappa shape index (κ2) is 9.41. The van der Waals surface area contributed by atoms with Crippen molar-refractivity contribution in [2.45, 2.75) is 0 Å². The van der Waals surface area contributed by atoms with Crippen molar-refractivity contribution < 1.29 is 15.0 Å². The summed E-state index contributed by atoms with van der Waals surface area (Å²) in [6, 6.07) is 32.9. The molecular weight excluding hydrogens is 460 g/mol. The van der Waals surface area contributed by atoms with Crippen molar-refractivity contribution in [1.29, 1.82) is 0 Å². The minimum atomic E-state index is -0.345. The van der Waals surface area contributed by atoms with E-state index in [4.69, 9.17) is 11.6 Å². The van der Waals surface area contributed by atoms with Crippen LogP contribution in [0.4, 0.5) is 5.69 Å². The number of carbonyl (C=O) groups is 1. The molecule has 4 aromatic carbocycles. The number of anilines is 1. The highest BCUT2D eigenvalue weighted by Gasteiger charge is 2.16. The van der Waals surface area contributed by atoms with E-state index in [1.807, 2.05) is 42.5 Å². The van der Waals surface area contributed by atoms with Crippen LogP contribution in [0, 0.1) is 0 Å². The fourth-order valence-electron chi connectivity index (χ4n) is 3.99. The largest absolute Gasteiger partial charge is 0.494 e. The number of carbonyl (C=O) groups excluding carboxylic acids is 1. The summed E-state index contributed by atoms with van der Waals surface area (Å²) in [5.74, 6) is -0.628. The number of nitrogens with zero attached hydrogens (tertiary/aromatic N) is 1. The zero-order chi connectivity index (χ0) is 24.4. The number of halogens is 1. The highest BCUT2D eigenvalue weighted by molar-refractivity contribution is 6.33. The number of hydrogen-bond donors (Lipinski definition) is 3. The molecule has 1 aromatic heterocycles. The Bertz CT molecular complexity index is 1490. The minimum absolute atomic E-state index is 0.142. The van der Waals surface area contributed by atoms with Gasteiger partial charge in [0.15, 0.2) is 11.8 Å².